The Morgan fingerprint density at radius 3 is 1.77 bits per heavy atom. The van der Waals surface area contributed by atoms with Gasteiger partial charge in [-0.2, -0.15) is 0 Å². The molecule has 2 aromatic heterocycles. The van der Waals surface area contributed by atoms with Crippen LogP contribution in [0.1, 0.15) is 12.8 Å². The van der Waals surface area contributed by atoms with Gasteiger partial charge in [0.2, 0.25) is 0 Å². The van der Waals surface area contributed by atoms with Gasteiger partial charge in [-0.3, -0.25) is 0 Å². The van der Waals surface area contributed by atoms with Crippen molar-refractivity contribution in [1.82, 2.24) is 29.7 Å². The summed E-state index contributed by atoms with van der Waals surface area (Å²) in [4.78, 5) is 20.0. The summed E-state index contributed by atoms with van der Waals surface area (Å²) in [5, 5.41) is 0. The van der Waals surface area contributed by atoms with Gasteiger partial charge >= 0.3 is 0 Å². The van der Waals surface area contributed by atoms with Crippen LogP contribution in [0.15, 0.2) is 54.6 Å². The molecule has 9 heteroatoms. The Labute approximate surface area is 227 Å². The average Bonchev–Trinajstić information content (AvgIpc) is 3.52. The van der Waals surface area contributed by atoms with Crippen LogP contribution in [-0.4, -0.2) is 84.2 Å². The highest BCUT2D eigenvalue weighted by molar-refractivity contribution is 5.83. The van der Waals surface area contributed by atoms with E-state index in [0.717, 1.165) is 59.5 Å². The molecule has 0 aliphatic carbocycles. The molecule has 0 fully saturated rings. The largest absolute Gasteiger partial charge is 0.493 e. The van der Waals surface area contributed by atoms with Gasteiger partial charge in [-0.1, -0.05) is 6.07 Å². The molecule has 8 nitrogen and oxygen atoms in total. The lowest BCUT2D eigenvalue weighted by atomic mass is 10.1. The van der Waals surface area contributed by atoms with Gasteiger partial charge in [-0.15, -0.1) is 0 Å². The van der Waals surface area contributed by atoms with Crippen molar-refractivity contribution in [1.29, 1.82) is 0 Å². The molecule has 0 saturated carbocycles. The number of imidazole rings is 2. The molecule has 3 aromatic carbocycles. The van der Waals surface area contributed by atoms with Crippen molar-refractivity contribution in [3.05, 3.63) is 60.4 Å². The fraction of sp³-hybridized carbons (Fsp3) is 0.333. The normalized spacial score (nSPS) is 11.8. The minimum absolute atomic E-state index is 0.378. The Hall–Kier alpha value is -3.95. The molecular formula is C30H35FN6O2. The number of rotatable bonds is 12. The number of ether oxygens (including phenoxy) is 2. The Morgan fingerprint density at radius 1 is 0.692 bits per heavy atom. The predicted molar refractivity (Wildman–Crippen MR) is 154 cm³/mol. The van der Waals surface area contributed by atoms with Crippen molar-refractivity contribution >= 4 is 22.1 Å². The van der Waals surface area contributed by atoms with Crippen LogP contribution >= 0.6 is 0 Å². The highest BCUT2D eigenvalue weighted by atomic mass is 19.1. The van der Waals surface area contributed by atoms with Gasteiger partial charge in [0.15, 0.2) is 0 Å². The topological polar surface area (TPSA) is 82.3 Å². The minimum atomic E-state index is -0.378. The number of H-pyrrole nitrogens is 2. The smallest absolute Gasteiger partial charge is 0.141 e. The van der Waals surface area contributed by atoms with Crippen LogP contribution in [0.25, 0.3) is 44.8 Å². The number of nitrogens with zero attached hydrogens (tertiary/aromatic N) is 4. The molecule has 39 heavy (non-hydrogen) atoms. The molecule has 5 rings (SSSR count). The van der Waals surface area contributed by atoms with Gasteiger partial charge in [0.05, 0.1) is 40.8 Å². The van der Waals surface area contributed by atoms with Crippen molar-refractivity contribution in [2.24, 2.45) is 0 Å². The van der Waals surface area contributed by atoms with Gasteiger partial charge in [-0.05, 0) is 77.4 Å². The second kappa shape index (κ2) is 11.8. The number of aromatic amines is 2. The Balaban J connectivity index is 1.30. The van der Waals surface area contributed by atoms with E-state index >= 15 is 4.39 Å². The third-order valence-corrected chi connectivity index (χ3v) is 6.44. The maximum Gasteiger partial charge on any atom is 0.141 e. The van der Waals surface area contributed by atoms with E-state index in [1.165, 1.54) is 6.07 Å². The standard InChI is InChI=1S/C30H35FN6O2/c1-36(2)13-5-15-38-21-8-11-25-27(18-21)34-29(32-25)20-7-10-23(24(31)17-20)30-33-26-12-9-22(19-28(26)35-30)39-16-6-14-37(3)4/h7-12,17-19H,5-6,13-16H2,1-4H3,(H,32,34)(H,33,35). The first-order chi connectivity index (χ1) is 18.9. The monoisotopic (exact) mass is 530 g/mol. The van der Waals surface area contributed by atoms with E-state index in [0.29, 0.717) is 36.0 Å². The maximum atomic E-state index is 15.3. The summed E-state index contributed by atoms with van der Waals surface area (Å²) in [7, 11) is 8.18. The minimum Gasteiger partial charge on any atom is -0.493 e. The third-order valence-electron chi connectivity index (χ3n) is 6.44. The molecule has 0 atom stereocenters. The molecule has 0 radical (unpaired) electrons. The van der Waals surface area contributed by atoms with E-state index in [2.05, 4.69) is 29.7 Å². The molecule has 0 unspecified atom stereocenters. The first-order valence-corrected chi connectivity index (χ1v) is 13.2. The highest BCUT2D eigenvalue weighted by Gasteiger charge is 2.14. The van der Waals surface area contributed by atoms with Gasteiger partial charge in [0, 0.05) is 30.8 Å². The number of hydrogen-bond acceptors (Lipinski definition) is 6. The summed E-state index contributed by atoms with van der Waals surface area (Å²) in [6.07, 6.45) is 1.89. The average molecular weight is 531 g/mol. The Kier molecular flexibility index (Phi) is 8.09. The first-order valence-electron chi connectivity index (χ1n) is 13.2. The van der Waals surface area contributed by atoms with Gasteiger partial charge in [0.1, 0.15) is 29.0 Å². The second-order valence-corrected chi connectivity index (χ2v) is 10.2. The van der Waals surface area contributed by atoms with E-state index in [1.54, 1.807) is 6.07 Å². The van der Waals surface area contributed by atoms with Crippen LogP contribution in [0.2, 0.25) is 0 Å². The van der Waals surface area contributed by atoms with Crippen molar-refractivity contribution < 1.29 is 13.9 Å². The van der Waals surface area contributed by atoms with Crippen LogP contribution in [0.4, 0.5) is 4.39 Å². The predicted octanol–water partition coefficient (Wildman–Crippen LogP) is 5.57. The summed E-state index contributed by atoms with van der Waals surface area (Å²) in [5.41, 5.74) is 4.25. The molecule has 0 spiro atoms. The number of nitrogens with one attached hydrogen (secondary N) is 2. The molecule has 0 amide bonds. The summed E-state index contributed by atoms with van der Waals surface area (Å²) >= 11 is 0. The first kappa shape index (κ1) is 26.6. The zero-order valence-electron chi connectivity index (χ0n) is 22.9. The third kappa shape index (κ3) is 6.55. The molecule has 2 heterocycles. The lowest BCUT2D eigenvalue weighted by Gasteiger charge is -2.10. The molecule has 5 aromatic rings. The summed E-state index contributed by atoms with van der Waals surface area (Å²) in [6.45, 7) is 3.21. The van der Waals surface area contributed by atoms with E-state index in [1.807, 2.05) is 70.7 Å². The quantitative estimate of drug-likeness (QED) is 0.205. The number of aromatic nitrogens is 4. The SMILES string of the molecule is CN(C)CCCOc1ccc2nc(-c3ccc(-c4nc5ccc(OCCCN(C)C)cc5[nH]4)c(F)c3)[nH]c2c1. The fourth-order valence-corrected chi connectivity index (χ4v) is 4.42. The lowest BCUT2D eigenvalue weighted by molar-refractivity contribution is 0.282. The van der Waals surface area contributed by atoms with Crippen LogP contribution in [0, 0.1) is 5.82 Å². The molecule has 0 saturated heterocycles. The molecule has 0 bridgehead atoms. The van der Waals surface area contributed by atoms with Crippen LogP contribution in [0.5, 0.6) is 11.5 Å². The summed E-state index contributed by atoms with van der Waals surface area (Å²) in [6, 6.07) is 16.5. The Bertz CT molecular complexity index is 1560. The maximum absolute atomic E-state index is 15.3. The molecule has 204 valence electrons. The van der Waals surface area contributed by atoms with E-state index in [4.69, 9.17) is 9.47 Å². The van der Waals surface area contributed by atoms with Gasteiger partial charge < -0.3 is 29.2 Å². The highest BCUT2D eigenvalue weighted by Crippen LogP contribution is 2.30. The zero-order chi connectivity index (χ0) is 27.4. The number of benzene rings is 3. The van der Waals surface area contributed by atoms with Gasteiger partial charge in [0.25, 0.3) is 0 Å². The molecule has 0 aliphatic rings. The van der Waals surface area contributed by atoms with E-state index in [9.17, 15) is 0 Å². The van der Waals surface area contributed by atoms with Crippen molar-refractivity contribution in [3.8, 4) is 34.3 Å². The molecule has 0 aliphatic heterocycles. The van der Waals surface area contributed by atoms with Crippen LogP contribution < -0.4 is 9.47 Å². The van der Waals surface area contributed by atoms with Crippen molar-refractivity contribution in [2.45, 2.75) is 12.8 Å². The van der Waals surface area contributed by atoms with Crippen LogP contribution in [-0.2, 0) is 0 Å². The number of halogens is 1. The summed E-state index contributed by atoms with van der Waals surface area (Å²) < 4.78 is 27.0. The van der Waals surface area contributed by atoms with Gasteiger partial charge in [-0.25, -0.2) is 14.4 Å². The molecular weight excluding hydrogens is 495 g/mol. The fourth-order valence-electron chi connectivity index (χ4n) is 4.42. The zero-order valence-corrected chi connectivity index (χ0v) is 22.9. The number of hydrogen-bond donors (Lipinski definition) is 2. The van der Waals surface area contributed by atoms with E-state index in [-0.39, 0.29) is 5.82 Å². The van der Waals surface area contributed by atoms with E-state index < -0.39 is 0 Å². The van der Waals surface area contributed by atoms with Crippen LogP contribution in [0.3, 0.4) is 0 Å². The summed E-state index contributed by atoms with van der Waals surface area (Å²) in [5.74, 6) is 2.24. The Morgan fingerprint density at radius 2 is 1.23 bits per heavy atom. The second-order valence-electron chi connectivity index (χ2n) is 10.2. The lowest BCUT2D eigenvalue weighted by Crippen LogP contribution is -2.15. The van der Waals surface area contributed by atoms with Crippen molar-refractivity contribution in [3.63, 3.8) is 0 Å². The van der Waals surface area contributed by atoms with Crippen molar-refractivity contribution in [2.75, 3.05) is 54.5 Å². The molecule has 2 N–H and O–H groups in total. The number of fused-ring (bicyclic) bond motifs is 2.